The number of carbonyl (C=O) groups is 3. The van der Waals surface area contributed by atoms with Gasteiger partial charge in [-0.25, -0.2) is 9.37 Å². The van der Waals surface area contributed by atoms with E-state index in [9.17, 15) is 28.7 Å². The van der Waals surface area contributed by atoms with Gasteiger partial charge in [-0.15, -0.1) is 0 Å². The summed E-state index contributed by atoms with van der Waals surface area (Å²) >= 11 is 0. The average Bonchev–Trinajstić information content (AvgIpc) is 3.13. The molecule has 1 fully saturated rings. The molecule has 2 aliphatic heterocycles. The first-order chi connectivity index (χ1) is 17.4. The highest BCUT2D eigenvalue weighted by Crippen LogP contribution is 2.53. The molecule has 2 N–H and O–H groups in total. The normalized spacial score (nSPS) is 22.1. The van der Waals surface area contributed by atoms with E-state index in [1.165, 1.54) is 59.8 Å². The quantitative estimate of drug-likeness (QED) is 0.587. The molecule has 198 valence electrons. The van der Waals surface area contributed by atoms with Crippen molar-refractivity contribution in [3.8, 4) is 5.75 Å². The average molecular weight is 514 g/mol. The molecule has 0 unspecified atom stereocenters. The van der Waals surface area contributed by atoms with Gasteiger partial charge in [-0.1, -0.05) is 19.1 Å². The number of rotatable bonds is 5. The topological polar surface area (TPSA) is 125 Å². The van der Waals surface area contributed by atoms with Crippen molar-refractivity contribution in [1.82, 2.24) is 24.7 Å². The largest absolute Gasteiger partial charge is 0.501 e. The minimum absolute atomic E-state index is 0.0263. The molecule has 0 atom stereocenters. The summed E-state index contributed by atoms with van der Waals surface area (Å²) in [6.07, 6.45) is 3.07. The molecule has 2 bridgehead atoms. The van der Waals surface area contributed by atoms with Crippen molar-refractivity contribution in [1.29, 1.82) is 0 Å². The van der Waals surface area contributed by atoms with E-state index >= 15 is 0 Å². The second-order valence-electron chi connectivity index (χ2n) is 10.3. The van der Waals surface area contributed by atoms with Gasteiger partial charge in [0.05, 0.1) is 0 Å². The molecule has 1 saturated carbocycles. The van der Waals surface area contributed by atoms with Crippen molar-refractivity contribution < 1.29 is 23.9 Å². The van der Waals surface area contributed by atoms with Crippen LogP contribution in [-0.2, 0) is 28.2 Å². The number of hydrogen-bond donors (Lipinski definition) is 2. The second kappa shape index (κ2) is 9.60. The number of nitrogens with zero attached hydrogens (tertiary/aromatic N) is 4. The number of aromatic nitrogens is 2. The smallest absolute Gasteiger partial charge is 0.312 e. The number of likely N-dealkylation sites (N-methyl/N-ethyl adjacent to an activating group) is 2. The monoisotopic (exact) mass is 513 g/mol. The molecule has 1 aliphatic carbocycles. The first-order valence-corrected chi connectivity index (χ1v) is 12.3. The predicted octanol–water partition coefficient (Wildman–Crippen LogP) is 1.74. The van der Waals surface area contributed by atoms with Crippen molar-refractivity contribution in [3.63, 3.8) is 0 Å². The third kappa shape index (κ3) is 4.47. The Morgan fingerprint density at radius 1 is 1.08 bits per heavy atom. The van der Waals surface area contributed by atoms with E-state index in [0.717, 1.165) is 6.42 Å². The van der Waals surface area contributed by atoms with E-state index in [4.69, 9.17) is 0 Å². The standard InChI is InChI=1S/C26H32FN5O5/c1-5-25-10-12-26(13-11-25,31(4)23(37)22(36)30(2)3)24-29-18(19(33)21(35)32(24)15-25)20(34)28-14-16-6-8-17(27)9-7-16/h6-9,33H,5,10-15H2,1-4H3,(H,28,34). The highest BCUT2D eigenvalue weighted by Gasteiger charge is 2.54. The Hall–Kier alpha value is -3.76. The minimum Gasteiger partial charge on any atom is -0.501 e. The molecule has 37 heavy (non-hydrogen) atoms. The van der Waals surface area contributed by atoms with Crippen LogP contribution in [-0.4, -0.2) is 63.3 Å². The SMILES string of the molecule is CCC12CCC(N(C)C(=O)C(=O)N(C)C)(CC1)c1nc(C(=O)NCc3ccc(F)cc3)c(O)c(=O)n1C2. The molecule has 2 aromatic rings. The summed E-state index contributed by atoms with van der Waals surface area (Å²) in [5.41, 5.74) is -1.92. The van der Waals surface area contributed by atoms with Crippen LogP contribution in [0.4, 0.5) is 4.39 Å². The van der Waals surface area contributed by atoms with Crippen LogP contribution >= 0.6 is 0 Å². The lowest BCUT2D eigenvalue weighted by Gasteiger charge is -2.46. The first kappa shape index (κ1) is 26.3. The zero-order valence-corrected chi connectivity index (χ0v) is 21.5. The summed E-state index contributed by atoms with van der Waals surface area (Å²) in [7, 11) is 4.49. The molecule has 3 aliphatic rings. The molecular weight excluding hydrogens is 481 g/mol. The Morgan fingerprint density at radius 3 is 2.27 bits per heavy atom. The highest BCUT2D eigenvalue weighted by molar-refractivity contribution is 6.34. The lowest BCUT2D eigenvalue weighted by Crippen LogP contribution is -2.54. The van der Waals surface area contributed by atoms with Gasteiger partial charge in [-0.2, -0.15) is 0 Å². The van der Waals surface area contributed by atoms with E-state index in [1.807, 2.05) is 6.92 Å². The maximum Gasteiger partial charge on any atom is 0.312 e. The summed E-state index contributed by atoms with van der Waals surface area (Å²) in [6, 6.07) is 5.54. The van der Waals surface area contributed by atoms with Gasteiger partial charge in [0, 0.05) is 34.2 Å². The van der Waals surface area contributed by atoms with Crippen LogP contribution < -0.4 is 10.9 Å². The van der Waals surface area contributed by atoms with Gasteiger partial charge in [0.1, 0.15) is 17.2 Å². The van der Waals surface area contributed by atoms with E-state index in [2.05, 4.69) is 10.3 Å². The number of carbonyl (C=O) groups excluding carboxylic acids is 3. The van der Waals surface area contributed by atoms with Gasteiger partial charge < -0.3 is 20.2 Å². The molecule has 0 spiro atoms. The fourth-order valence-corrected chi connectivity index (χ4v) is 5.46. The van der Waals surface area contributed by atoms with Crippen LogP contribution in [0.25, 0.3) is 0 Å². The van der Waals surface area contributed by atoms with Gasteiger partial charge in [0.2, 0.25) is 5.75 Å². The van der Waals surface area contributed by atoms with Crippen LogP contribution in [0.1, 0.15) is 60.9 Å². The minimum atomic E-state index is -1.10. The van der Waals surface area contributed by atoms with E-state index in [-0.39, 0.29) is 17.8 Å². The Kier molecular flexibility index (Phi) is 6.83. The van der Waals surface area contributed by atoms with Crippen molar-refractivity contribution in [2.45, 2.75) is 57.7 Å². The molecule has 5 rings (SSSR count). The zero-order chi connectivity index (χ0) is 27.1. The third-order valence-corrected chi connectivity index (χ3v) is 8.06. The lowest BCUT2D eigenvalue weighted by molar-refractivity contribution is -0.155. The van der Waals surface area contributed by atoms with Crippen molar-refractivity contribution in [2.75, 3.05) is 21.1 Å². The molecule has 10 nitrogen and oxygen atoms in total. The fraction of sp³-hybridized carbons (Fsp3) is 0.500. The zero-order valence-electron chi connectivity index (χ0n) is 21.5. The van der Waals surface area contributed by atoms with Gasteiger partial charge in [0.15, 0.2) is 5.69 Å². The summed E-state index contributed by atoms with van der Waals surface area (Å²) in [6.45, 7) is 2.36. The van der Waals surface area contributed by atoms with Crippen molar-refractivity contribution in [2.24, 2.45) is 5.41 Å². The molecule has 3 heterocycles. The number of amides is 3. The lowest BCUT2D eigenvalue weighted by atomic mass is 9.66. The molecular formula is C26H32FN5O5. The first-order valence-electron chi connectivity index (χ1n) is 12.3. The molecule has 0 saturated heterocycles. The van der Waals surface area contributed by atoms with Gasteiger partial charge in [-0.3, -0.25) is 23.7 Å². The number of aromatic hydroxyl groups is 1. The molecule has 0 radical (unpaired) electrons. The Balaban J connectivity index is 1.79. The highest BCUT2D eigenvalue weighted by atomic mass is 19.1. The summed E-state index contributed by atoms with van der Waals surface area (Å²) < 4.78 is 14.6. The second-order valence-corrected chi connectivity index (χ2v) is 10.3. The Bertz CT molecular complexity index is 1300. The maximum absolute atomic E-state index is 13.4. The van der Waals surface area contributed by atoms with E-state index in [1.54, 1.807) is 0 Å². The van der Waals surface area contributed by atoms with Crippen LogP contribution in [0, 0.1) is 11.2 Å². The number of hydrogen-bond acceptors (Lipinski definition) is 6. The molecule has 11 heteroatoms. The van der Waals surface area contributed by atoms with Gasteiger partial charge in [-0.05, 0) is 55.2 Å². The summed E-state index contributed by atoms with van der Waals surface area (Å²) in [5.74, 6) is -3.23. The van der Waals surface area contributed by atoms with Gasteiger partial charge >= 0.3 is 11.8 Å². The number of halogens is 1. The Morgan fingerprint density at radius 2 is 1.70 bits per heavy atom. The molecule has 1 aromatic heterocycles. The fourth-order valence-electron chi connectivity index (χ4n) is 5.46. The third-order valence-electron chi connectivity index (χ3n) is 8.06. The van der Waals surface area contributed by atoms with Crippen LogP contribution in [0.2, 0.25) is 0 Å². The number of fused-ring (bicyclic) bond motifs is 2. The van der Waals surface area contributed by atoms with Crippen LogP contribution in [0.3, 0.4) is 0 Å². The van der Waals surface area contributed by atoms with Crippen LogP contribution in [0.15, 0.2) is 29.1 Å². The predicted molar refractivity (Wildman–Crippen MR) is 132 cm³/mol. The van der Waals surface area contributed by atoms with Crippen molar-refractivity contribution in [3.05, 3.63) is 57.5 Å². The summed E-state index contributed by atoms with van der Waals surface area (Å²) in [4.78, 5) is 59.3. The van der Waals surface area contributed by atoms with E-state index in [0.29, 0.717) is 37.8 Å². The summed E-state index contributed by atoms with van der Waals surface area (Å²) in [5, 5.41) is 13.4. The number of nitrogens with one attached hydrogen (secondary N) is 1. The van der Waals surface area contributed by atoms with Crippen LogP contribution in [0.5, 0.6) is 5.75 Å². The van der Waals surface area contributed by atoms with Crippen molar-refractivity contribution >= 4 is 17.7 Å². The maximum atomic E-state index is 13.4. The molecule has 3 amide bonds. The van der Waals surface area contributed by atoms with Gasteiger partial charge in [0.25, 0.3) is 11.5 Å². The molecule has 1 aromatic carbocycles. The number of benzene rings is 1. The van der Waals surface area contributed by atoms with E-state index < -0.39 is 46.1 Å². The Labute approximate surface area is 214 Å².